The second-order valence-corrected chi connectivity index (χ2v) is 16.4. The lowest BCUT2D eigenvalue weighted by Crippen LogP contribution is -2.02. The lowest BCUT2D eigenvalue weighted by atomic mass is 9.96. The van der Waals surface area contributed by atoms with Crippen molar-refractivity contribution >= 4 is 65.3 Å². The number of rotatable bonds is 6. The van der Waals surface area contributed by atoms with Crippen LogP contribution in [0.3, 0.4) is 0 Å². The summed E-state index contributed by atoms with van der Waals surface area (Å²) in [7, 11) is 0. The average Bonchev–Trinajstić information content (AvgIpc) is 3.91. The summed E-state index contributed by atoms with van der Waals surface area (Å²) >= 11 is 0. The number of hydrogen-bond donors (Lipinski definition) is 0. The number of hydrogen-bond acceptors (Lipinski definition) is 4. The summed E-state index contributed by atoms with van der Waals surface area (Å²) in [4.78, 5) is 15.6. The predicted octanol–water partition coefficient (Wildman–Crippen LogP) is 15.5. The Balaban J connectivity index is 1.09. The largest absolute Gasteiger partial charge is 0.455 e. The quantitative estimate of drug-likeness (QED) is 0.168. The molecule has 13 aromatic rings. The van der Waals surface area contributed by atoms with E-state index in [9.17, 15) is 0 Å². The van der Waals surface area contributed by atoms with Crippen molar-refractivity contribution in [3.05, 3.63) is 218 Å². The van der Waals surface area contributed by atoms with Crippen LogP contribution in [0.2, 0.25) is 0 Å². The lowest BCUT2D eigenvalue weighted by Gasteiger charge is -2.17. The van der Waals surface area contributed by atoms with Crippen LogP contribution in [0.1, 0.15) is 0 Å². The molecule has 0 bridgehead atoms. The highest BCUT2D eigenvalue weighted by atomic mass is 16.3. The minimum Gasteiger partial charge on any atom is -0.455 e. The molecule has 64 heavy (non-hydrogen) atoms. The molecule has 0 aliphatic heterocycles. The zero-order chi connectivity index (χ0) is 42.1. The molecule has 0 saturated heterocycles. The molecular weight excluding hydrogens is 781 g/mol. The van der Waals surface area contributed by atoms with Crippen LogP contribution in [0.15, 0.2) is 223 Å². The van der Waals surface area contributed by atoms with E-state index in [-0.39, 0.29) is 0 Å². The topological polar surface area (TPSA) is 56.7 Å². The molecule has 0 N–H and O–H groups in total. The molecule has 0 aliphatic rings. The molecule has 0 amide bonds. The Morgan fingerprint density at radius 2 is 0.953 bits per heavy atom. The van der Waals surface area contributed by atoms with Gasteiger partial charge in [-0.3, -0.25) is 0 Å². The van der Waals surface area contributed by atoms with Gasteiger partial charge in [-0.1, -0.05) is 164 Å². The molecule has 3 aromatic heterocycles. The highest BCUT2D eigenvalue weighted by Gasteiger charge is 2.22. The highest BCUT2D eigenvalue weighted by Crippen LogP contribution is 2.43. The average molecular weight is 817 g/mol. The van der Waals surface area contributed by atoms with Crippen LogP contribution in [0.25, 0.3) is 127 Å². The third kappa shape index (κ3) is 5.83. The first kappa shape index (κ1) is 36.0. The van der Waals surface area contributed by atoms with Crippen LogP contribution in [0.4, 0.5) is 0 Å². The van der Waals surface area contributed by atoms with Crippen LogP contribution in [0, 0.1) is 0 Å². The van der Waals surface area contributed by atoms with Gasteiger partial charge in [0.1, 0.15) is 11.2 Å². The SMILES string of the molecule is c1ccc(-c2cccc(-c3cc(-c4nc(-c5ccccc5)nc(-c5cccc6c5oc5ccccc56)n4)ccc3-n3c4cc5ccccc5cc4c4c5ccccc5ccc43)c2)cc1. The van der Waals surface area contributed by atoms with Crippen molar-refractivity contribution in [2.24, 2.45) is 0 Å². The first-order valence-electron chi connectivity index (χ1n) is 21.6. The standard InChI is InChI=1S/C59H36N4O/c1-3-15-37(16-4-1)40-22-13-23-43(33-40)49-35-44(30-31-51(49)63-52-32-29-38-17-9-10-24-45(38)55(52)50-34-41-20-7-8-21-42(41)36-53(50)63)58-60-57(39-18-5-2-6-19-39)61-59(62-58)48-27-14-26-47-46-25-11-12-28-54(46)64-56(47)48/h1-36H. The van der Waals surface area contributed by atoms with Crippen LogP contribution in [-0.4, -0.2) is 19.5 Å². The number of nitrogens with zero attached hydrogens (tertiary/aromatic N) is 4. The summed E-state index contributed by atoms with van der Waals surface area (Å²) in [6.45, 7) is 0. The summed E-state index contributed by atoms with van der Waals surface area (Å²) in [6.07, 6.45) is 0. The second-order valence-electron chi connectivity index (χ2n) is 16.4. The summed E-state index contributed by atoms with van der Waals surface area (Å²) < 4.78 is 8.98. The lowest BCUT2D eigenvalue weighted by molar-refractivity contribution is 0.669. The molecule has 0 spiro atoms. The van der Waals surface area contributed by atoms with Crippen molar-refractivity contribution in [2.75, 3.05) is 0 Å². The van der Waals surface area contributed by atoms with E-state index < -0.39 is 0 Å². The molecule has 5 nitrogen and oxygen atoms in total. The van der Waals surface area contributed by atoms with Gasteiger partial charge in [-0.15, -0.1) is 0 Å². The number of benzene rings is 10. The molecule has 3 heterocycles. The van der Waals surface area contributed by atoms with E-state index in [1.807, 2.05) is 54.6 Å². The van der Waals surface area contributed by atoms with Gasteiger partial charge < -0.3 is 8.98 Å². The fraction of sp³-hybridized carbons (Fsp3) is 0. The zero-order valence-corrected chi connectivity index (χ0v) is 34.5. The Morgan fingerprint density at radius 1 is 0.328 bits per heavy atom. The fourth-order valence-corrected chi connectivity index (χ4v) is 9.60. The molecule has 10 aromatic carbocycles. The van der Waals surface area contributed by atoms with Crippen LogP contribution >= 0.6 is 0 Å². The number of furan rings is 1. The summed E-state index contributed by atoms with van der Waals surface area (Å²) in [5.41, 5.74) is 11.9. The molecule has 0 unspecified atom stereocenters. The van der Waals surface area contributed by atoms with E-state index in [1.54, 1.807) is 0 Å². The smallest absolute Gasteiger partial charge is 0.167 e. The summed E-state index contributed by atoms with van der Waals surface area (Å²) in [5.74, 6) is 1.71. The maximum atomic E-state index is 6.53. The van der Waals surface area contributed by atoms with Gasteiger partial charge >= 0.3 is 0 Å². The van der Waals surface area contributed by atoms with Gasteiger partial charge in [-0.05, 0) is 92.8 Å². The van der Waals surface area contributed by atoms with Gasteiger partial charge in [0.25, 0.3) is 0 Å². The van der Waals surface area contributed by atoms with Gasteiger partial charge in [0.15, 0.2) is 17.5 Å². The Bertz CT molecular complexity index is 3960. The Labute approximate surface area is 368 Å². The third-order valence-electron chi connectivity index (χ3n) is 12.6. The van der Waals surface area contributed by atoms with Gasteiger partial charge in [-0.2, -0.15) is 0 Å². The summed E-state index contributed by atoms with van der Waals surface area (Å²) in [5, 5.41) is 9.38. The van der Waals surface area contributed by atoms with Crippen molar-refractivity contribution in [1.82, 2.24) is 19.5 Å². The van der Waals surface area contributed by atoms with Gasteiger partial charge in [-0.25, -0.2) is 15.0 Å². The van der Waals surface area contributed by atoms with E-state index >= 15 is 0 Å². The molecule has 0 saturated carbocycles. The summed E-state index contributed by atoms with van der Waals surface area (Å²) in [6, 6.07) is 77.2. The molecule has 0 aliphatic carbocycles. The van der Waals surface area contributed by atoms with E-state index in [0.717, 1.165) is 77.6 Å². The normalized spacial score (nSPS) is 11.8. The first-order valence-corrected chi connectivity index (χ1v) is 21.6. The van der Waals surface area contributed by atoms with Crippen LogP contribution < -0.4 is 0 Å². The predicted molar refractivity (Wildman–Crippen MR) is 264 cm³/mol. The maximum absolute atomic E-state index is 6.53. The number of para-hydroxylation sites is 2. The number of fused-ring (bicyclic) bond motifs is 9. The van der Waals surface area contributed by atoms with Gasteiger partial charge in [0, 0.05) is 38.2 Å². The van der Waals surface area contributed by atoms with E-state index in [2.05, 4.69) is 168 Å². The molecule has 0 atom stereocenters. The minimum atomic E-state index is 0.548. The van der Waals surface area contributed by atoms with Crippen molar-refractivity contribution in [3.8, 4) is 62.1 Å². The minimum absolute atomic E-state index is 0.548. The van der Waals surface area contributed by atoms with E-state index in [1.165, 1.54) is 32.3 Å². The van der Waals surface area contributed by atoms with Gasteiger partial charge in [0.2, 0.25) is 0 Å². The molecule has 13 rings (SSSR count). The zero-order valence-electron chi connectivity index (χ0n) is 34.5. The number of aromatic nitrogens is 4. The van der Waals surface area contributed by atoms with Crippen molar-refractivity contribution in [3.63, 3.8) is 0 Å². The molecule has 0 radical (unpaired) electrons. The van der Waals surface area contributed by atoms with E-state index in [4.69, 9.17) is 19.4 Å². The Kier molecular flexibility index (Phi) is 8.15. The monoisotopic (exact) mass is 816 g/mol. The molecular formula is C59H36N4O. The van der Waals surface area contributed by atoms with E-state index in [0.29, 0.717) is 17.5 Å². The molecule has 5 heteroatoms. The third-order valence-corrected chi connectivity index (χ3v) is 12.6. The molecule has 298 valence electrons. The highest BCUT2D eigenvalue weighted by molar-refractivity contribution is 6.23. The Morgan fingerprint density at radius 3 is 1.78 bits per heavy atom. The van der Waals surface area contributed by atoms with Crippen molar-refractivity contribution in [2.45, 2.75) is 0 Å². The maximum Gasteiger partial charge on any atom is 0.167 e. The van der Waals surface area contributed by atoms with Gasteiger partial charge in [0.05, 0.1) is 22.3 Å². The fourth-order valence-electron chi connectivity index (χ4n) is 9.60. The van der Waals surface area contributed by atoms with Crippen LogP contribution in [-0.2, 0) is 0 Å². The molecule has 0 fully saturated rings. The first-order chi connectivity index (χ1) is 31.7. The van der Waals surface area contributed by atoms with Crippen LogP contribution in [0.5, 0.6) is 0 Å². The van der Waals surface area contributed by atoms with Crippen molar-refractivity contribution < 1.29 is 4.42 Å². The van der Waals surface area contributed by atoms with Crippen molar-refractivity contribution in [1.29, 1.82) is 0 Å². The Hall–Kier alpha value is -8.67. The second kappa shape index (κ2) is 14.5.